The molecule has 3 N–H and O–H groups in total. The predicted molar refractivity (Wildman–Crippen MR) is 80.2 cm³/mol. The number of hydrogen-bond donors (Lipinski definition) is 2. The van der Waals surface area contributed by atoms with Crippen LogP contribution in [0.5, 0.6) is 0 Å². The van der Waals surface area contributed by atoms with Crippen LogP contribution < -0.4 is 11.3 Å². The summed E-state index contributed by atoms with van der Waals surface area (Å²) in [6.45, 7) is 1.86. The smallest absolute Gasteiger partial charge is 0.253 e. The van der Waals surface area contributed by atoms with Gasteiger partial charge in [0, 0.05) is 24.3 Å². The quantitative estimate of drug-likeness (QED) is 0.643. The van der Waals surface area contributed by atoms with Crippen molar-refractivity contribution in [1.29, 1.82) is 0 Å². The Morgan fingerprint density at radius 2 is 1.80 bits per heavy atom. The summed E-state index contributed by atoms with van der Waals surface area (Å²) in [6.07, 6.45) is 6.55. The van der Waals surface area contributed by atoms with Crippen LogP contribution in [-0.4, -0.2) is 23.9 Å². The molecule has 1 heterocycles. The van der Waals surface area contributed by atoms with Crippen LogP contribution in [0.15, 0.2) is 24.3 Å². The van der Waals surface area contributed by atoms with E-state index in [9.17, 15) is 4.79 Å². The van der Waals surface area contributed by atoms with Crippen molar-refractivity contribution in [3.8, 4) is 0 Å². The first kappa shape index (κ1) is 13.4. The Morgan fingerprint density at radius 1 is 1.10 bits per heavy atom. The zero-order valence-corrected chi connectivity index (χ0v) is 11.8. The van der Waals surface area contributed by atoms with Crippen LogP contribution in [-0.2, 0) is 0 Å². The molecule has 1 aliphatic heterocycles. The van der Waals surface area contributed by atoms with E-state index in [2.05, 4.69) is 5.43 Å². The number of nitrogen functional groups attached to an aromatic ring is 1. The second-order valence-electron chi connectivity index (χ2n) is 6.07. The first-order valence-electron chi connectivity index (χ1n) is 7.64. The van der Waals surface area contributed by atoms with E-state index in [-0.39, 0.29) is 5.91 Å². The van der Waals surface area contributed by atoms with Gasteiger partial charge in [-0.15, -0.1) is 0 Å². The normalized spacial score (nSPS) is 25.9. The summed E-state index contributed by atoms with van der Waals surface area (Å²) >= 11 is 0. The number of likely N-dealkylation sites (tertiary alicyclic amines) is 1. The van der Waals surface area contributed by atoms with Gasteiger partial charge in [-0.25, -0.2) is 0 Å². The van der Waals surface area contributed by atoms with Gasteiger partial charge in [0.2, 0.25) is 0 Å². The first-order chi connectivity index (χ1) is 9.78. The molecule has 0 spiro atoms. The summed E-state index contributed by atoms with van der Waals surface area (Å²) < 4.78 is 0. The number of nitrogens with one attached hydrogen (secondary N) is 1. The molecule has 20 heavy (non-hydrogen) atoms. The summed E-state index contributed by atoms with van der Waals surface area (Å²) in [5.74, 6) is 7.10. The fourth-order valence-corrected chi connectivity index (χ4v) is 3.68. The SMILES string of the molecule is NNc1ccc(C(=O)N2CCC3CCCCC3C2)cc1. The Morgan fingerprint density at radius 3 is 2.50 bits per heavy atom. The highest BCUT2D eigenvalue weighted by molar-refractivity contribution is 5.94. The average molecular weight is 273 g/mol. The van der Waals surface area contributed by atoms with Gasteiger partial charge in [0.25, 0.3) is 5.91 Å². The van der Waals surface area contributed by atoms with E-state index in [1.165, 1.54) is 32.1 Å². The third kappa shape index (κ3) is 2.66. The molecule has 108 valence electrons. The maximum Gasteiger partial charge on any atom is 0.253 e. The lowest BCUT2D eigenvalue weighted by Gasteiger charge is -2.41. The van der Waals surface area contributed by atoms with Gasteiger partial charge >= 0.3 is 0 Å². The zero-order chi connectivity index (χ0) is 13.9. The van der Waals surface area contributed by atoms with Crippen molar-refractivity contribution in [3.63, 3.8) is 0 Å². The molecule has 3 rings (SSSR count). The first-order valence-corrected chi connectivity index (χ1v) is 7.64. The second kappa shape index (κ2) is 5.83. The lowest BCUT2D eigenvalue weighted by atomic mass is 9.75. The molecule has 1 aromatic carbocycles. The molecular weight excluding hydrogens is 250 g/mol. The molecule has 1 amide bonds. The molecule has 2 fully saturated rings. The number of carbonyl (C=O) groups excluding carboxylic acids is 1. The van der Waals surface area contributed by atoms with Gasteiger partial charge in [-0.1, -0.05) is 19.3 Å². The van der Waals surface area contributed by atoms with Gasteiger partial charge in [0.05, 0.1) is 0 Å². The number of nitrogens with zero attached hydrogens (tertiary/aromatic N) is 1. The highest BCUT2D eigenvalue weighted by atomic mass is 16.2. The third-order valence-corrected chi connectivity index (χ3v) is 4.88. The Balaban J connectivity index is 1.67. The fraction of sp³-hybridized carbons (Fsp3) is 0.562. The van der Waals surface area contributed by atoms with E-state index >= 15 is 0 Å². The minimum absolute atomic E-state index is 0.164. The minimum atomic E-state index is 0.164. The number of nitrogens with two attached hydrogens (primary N) is 1. The van der Waals surface area contributed by atoms with Crippen molar-refractivity contribution >= 4 is 11.6 Å². The Kier molecular flexibility index (Phi) is 3.92. The molecule has 1 aliphatic carbocycles. The van der Waals surface area contributed by atoms with Crippen molar-refractivity contribution in [2.75, 3.05) is 18.5 Å². The maximum atomic E-state index is 12.5. The number of hydrogen-bond acceptors (Lipinski definition) is 3. The van der Waals surface area contributed by atoms with E-state index in [1.54, 1.807) is 0 Å². The van der Waals surface area contributed by atoms with Crippen LogP contribution in [0.4, 0.5) is 5.69 Å². The molecule has 0 aromatic heterocycles. The monoisotopic (exact) mass is 273 g/mol. The van der Waals surface area contributed by atoms with Crippen LogP contribution in [0, 0.1) is 11.8 Å². The van der Waals surface area contributed by atoms with Crippen molar-refractivity contribution in [2.24, 2.45) is 17.7 Å². The molecule has 0 radical (unpaired) electrons. The minimum Gasteiger partial charge on any atom is -0.338 e. The molecule has 2 atom stereocenters. The molecule has 1 saturated heterocycles. The number of piperidine rings is 1. The van der Waals surface area contributed by atoms with Crippen LogP contribution in [0.2, 0.25) is 0 Å². The van der Waals surface area contributed by atoms with E-state index in [0.717, 1.165) is 36.2 Å². The Bertz CT molecular complexity index is 471. The summed E-state index contributed by atoms with van der Waals surface area (Å²) in [5.41, 5.74) is 4.17. The summed E-state index contributed by atoms with van der Waals surface area (Å²) in [6, 6.07) is 7.40. The summed E-state index contributed by atoms with van der Waals surface area (Å²) in [5, 5.41) is 0. The van der Waals surface area contributed by atoms with E-state index < -0.39 is 0 Å². The Hall–Kier alpha value is -1.55. The number of rotatable bonds is 2. The van der Waals surface area contributed by atoms with E-state index in [0.29, 0.717) is 0 Å². The number of benzene rings is 1. The van der Waals surface area contributed by atoms with Gasteiger partial charge in [-0.2, -0.15) is 0 Å². The second-order valence-corrected chi connectivity index (χ2v) is 6.07. The number of amides is 1. The number of hydrazine groups is 1. The van der Waals surface area contributed by atoms with Crippen molar-refractivity contribution < 1.29 is 4.79 Å². The zero-order valence-electron chi connectivity index (χ0n) is 11.8. The maximum absolute atomic E-state index is 12.5. The van der Waals surface area contributed by atoms with Crippen molar-refractivity contribution in [3.05, 3.63) is 29.8 Å². The van der Waals surface area contributed by atoms with Gasteiger partial charge in [-0.05, 0) is 48.9 Å². The predicted octanol–water partition coefficient (Wildman–Crippen LogP) is 2.62. The van der Waals surface area contributed by atoms with E-state index in [4.69, 9.17) is 5.84 Å². The average Bonchev–Trinajstić information content (AvgIpc) is 2.54. The lowest BCUT2D eigenvalue weighted by Crippen LogP contribution is -2.44. The largest absolute Gasteiger partial charge is 0.338 e. The van der Waals surface area contributed by atoms with Gasteiger partial charge in [0.1, 0.15) is 0 Å². The van der Waals surface area contributed by atoms with Crippen LogP contribution in [0.3, 0.4) is 0 Å². The molecule has 1 saturated carbocycles. The van der Waals surface area contributed by atoms with Crippen molar-refractivity contribution in [1.82, 2.24) is 4.90 Å². The van der Waals surface area contributed by atoms with Gasteiger partial charge < -0.3 is 10.3 Å². The van der Waals surface area contributed by atoms with Crippen LogP contribution >= 0.6 is 0 Å². The topological polar surface area (TPSA) is 58.4 Å². The molecule has 2 unspecified atom stereocenters. The third-order valence-electron chi connectivity index (χ3n) is 4.88. The lowest BCUT2D eigenvalue weighted by molar-refractivity contribution is 0.0521. The number of carbonyl (C=O) groups is 1. The summed E-state index contributed by atoms with van der Waals surface area (Å²) in [7, 11) is 0. The Labute approximate surface area is 120 Å². The molecule has 1 aromatic rings. The van der Waals surface area contributed by atoms with Crippen molar-refractivity contribution in [2.45, 2.75) is 32.1 Å². The summed E-state index contributed by atoms with van der Waals surface area (Å²) in [4.78, 5) is 14.6. The van der Waals surface area contributed by atoms with Gasteiger partial charge in [-0.3, -0.25) is 10.6 Å². The molecule has 4 heteroatoms. The highest BCUT2D eigenvalue weighted by Crippen LogP contribution is 2.36. The standard InChI is InChI=1S/C16H23N3O/c17-18-15-7-5-13(6-8-15)16(20)19-10-9-12-3-1-2-4-14(12)11-19/h5-8,12,14,18H,1-4,9-11,17H2. The number of anilines is 1. The fourth-order valence-electron chi connectivity index (χ4n) is 3.68. The molecule has 4 nitrogen and oxygen atoms in total. The van der Waals surface area contributed by atoms with Crippen LogP contribution in [0.1, 0.15) is 42.5 Å². The molecule has 2 aliphatic rings. The van der Waals surface area contributed by atoms with Gasteiger partial charge in [0.15, 0.2) is 0 Å². The highest BCUT2D eigenvalue weighted by Gasteiger charge is 2.33. The molecular formula is C16H23N3O. The molecule has 0 bridgehead atoms. The van der Waals surface area contributed by atoms with Crippen LogP contribution in [0.25, 0.3) is 0 Å². The van der Waals surface area contributed by atoms with E-state index in [1.807, 2.05) is 29.2 Å². The number of fused-ring (bicyclic) bond motifs is 1.